The molecule has 1 N–H and O–H groups in total. The third-order valence-electron chi connectivity index (χ3n) is 5.09. The number of allylic oxidation sites excluding steroid dienone is 1. The van der Waals surface area contributed by atoms with Gasteiger partial charge in [0.2, 0.25) is 0 Å². The van der Waals surface area contributed by atoms with Crippen LogP contribution in [0.15, 0.2) is 83.7 Å². The molecule has 0 atom stereocenters. The second-order valence-electron chi connectivity index (χ2n) is 7.64. The zero-order valence-corrected chi connectivity index (χ0v) is 19.6. The highest BCUT2D eigenvalue weighted by Gasteiger charge is 2.29. The maximum atomic E-state index is 12.6. The van der Waals surface area contributed by atoms with Crippen LogP contribution in [0.4, 0.5) is 24.7 Å². The Morgan fingerprint density at radius 1 is 1.15 bits per heavy atom. The number of thioether (sulfide) groups is 1. The number of aromatic nitrogens is 1. The van der Waals surface area contributed by atoms with Gasteiger partial charge >= 0.3 is 5.51 Å². The Labute approximate surface area is 204 Å². The molecule has 5 nitrogen and oxygen atoms in total. The number of hydrogen-bond donors (Lipinski definition) is 1. The molecule has 0 saturated heterocycles. The van der Waals surface area contributed by atoms with E-state index in [2.05, 4.69) is 15.2 Å². The maximum Gasteiger partial charge on any atom is 0.446 e. The molecule has 0 radical (unpaired) electrons. The minimum Gasteiger partial charge on any atom is -0.351 e. The van der Waals surface area contributed by atoms with E-state index in [9.17, 15) is 18.0 Å². The molecule has 1 aliphatic heterocycles. The topological polar surface area (TPSA) is 48.5 Å². The fourth-order valence-corrected chi connectivity index (χ4v) is 4.22. The lowest BCUT2D eigenvalue weighted by Gasteiger charge is -2.23. The number of amides is 1. The zero-order chi connectivity index (χ0) is 24.3. The molecule has 0 bridgehead atoms. The standard InChI is InChI=1S/C24H20ClF3N4OS/c1-16-13-32(20-5-7-21(8-6-20)34-24(26,27)28)15-31(16)14-17-9-10-29-22(11-17)30-23(33)18-3-2-4-19(25)12-18/h2-13H,14-15H2,1H3,(H,29,30,33). The van der Waals surface area contributed by atoms with Gasteiger partial charge in [0, 0.05) is 45.8 Å². The van der Waals surface area contributed by atoms with Gasteiger partial charge < -0.3 is 15.1 Å². The lowest BCUT2D eigenvalue weighted by Crippen LogP contribution is -2.26. The summed E-state index contributed by atoms with van der Waals surface area (Å²) < 4.78 is 37.7. The van der Waals surface area contributed by atoms with Gasteiger partial charge in [-0.25, -0.2) is 4.98 Å². The summed E-state index contributed by atoms with van der Waals surface area (Å²) in [4.78, 5) is 20.9. The van der Waals surface area contributed by atoms with Crippen molar-refractivity contribution in [2.24, 2.45) is 0 Å². The second kappa shape index (κ2) is 9.99. The number of pyridine rings is 1. The first-order valence-electron chi connectivity index (χ1n) is 10.2. The second-order valence-corrected chi connectivity index (χ2v) is 9.21. The van der Waals surface area contributed by atoms with Gasteiger partial charge in [-0.05, 0) is 78.8 Å². The van der Waals surface area contributed by atoms with Crippen LogP contribution in [-0.4, -0.2) is 28.0 Å². The molecule has 1 aromatic heterocycles. The number of hydrogen-bond acceptors (Lipinski definition) is 5. The average Bonchev–Trinajstić information content (AvgIpc) is 3.13. The molecule has 0 unspecified atom stereocenters. The largest absolute Gasteiger partial charge is 0.446 e. The summed E-state index contributed by atoms with van der Waals surface area (Å²) in [5.41, 5.74) is -1.11. The molecule has 1 amide bonds. The van der Waals surface area contributed by atoms with Gasteiger partial charge in [-0.15, -0.1) is 0 Å². The summed E-state index contributed by atoms with van der Waals surface area (Å²) in [5, 5.41) is 3.26. The van der Waals surface area contributed by atoms with Crippen LogP contribution in [0.3, 0.4) is 0 Å². The smallest absolute Gasteiger partial charge is 0.351 e. The van der Waals surface area contributed by atoms with E-state index in [1.165, 1.54) is 12.1 Å². The van der Waals surface area contributed by atoms with Crippen molar-refractivity contribution in [2.75, 3.05) is 16.9 Å². The molecule has 34 heavy (non-hydrogen) atoms. The first kappa shape index (κ1) is 24.0. The molecule has 10 heteroatoms. The van der Waals surface area contributed by atoms with E-state index in [4.69, 9.17) is 11.6 Å². The Morgan fingerprint density at radius 3 is 2.62 bits per heavy atom. The molecular formula is C24H20ClF3N4OS. The van der Waals surface area contributed by atoms with Crippen molar-refractivity contribution in [3.63, 3.8) is 0 Å². The van der Waals surface area contributed by atoms with Crippen molar-refractivity contribution in [1.29, 1.82) is 0 Å². The Kier molecular flexibility index (Phi) is 7.04. The van der Waals surface area contributed by atoms with Crippen LogP contribution in [0.2, 0.25) is 5.02 Å². The predicted octanol–water partition coefficient (Wildman–Crippen LogP) is 6.74. The van der Waals surface area contributed by atoms with E-state index < -0.39 is 5.51 Å². The zero-order valence-electron chi connectivity index (χ0n) is 18.0. The molecule has 4 rings (SSSR count). The van der Waals surface area contributed by atoms with Crippen LogP contribution in [0, 0.1) is 0 Å². The Balaban J connectivity index is 1.39. The van der Waals surface area contributed by atoms with Crippen molar-refractivity contribution in [2.45, 2.75) is 23.9 Å². The summed E-state index contributed by atoms with van der Waals surface area (Å²) in [7, 11) is 0. The highest BCUT2D eigenvalue weighted by molar-refractivity contribution is 8.00. The minimum atomic E-state index is -4.31. The lowest BCUT2D eigenvalue weighted by molar-refractivity contribution is -0.0328. The number of carbonyl (C=O) groups excluding carboxylic acids is 1. The summed E-state index contributed by atoms with van der Waals surface area (Å²) in [6.45, 7) is 3.09. The number of anilines is 2. The van der Waals surface area contributed by atoms with Crippen LogP contribution in [0.5, 0.6) is 0 Å². The molecule has 0 saturated carbocycles. The monoisotopic (exact) mass is 504 g/mol. The fourth-order valence-electron chi connectivity index (χ4n) is 3.49. The van der Waals surface area contributed by atoms with Crippen LogP contribution in [0.25, 0.3) is 0 Å². The predicted molar refractivity (Wildman–Crippen MR) is 129 cm³/mol. The molecule has 3 aromatic rings. The van der Waals surface area contributed by atoms with Crippen LogP contribution < -0.4 is 10.2 Å². The number of alkyl halides is 3. The molecule has 0 spiro atoms. The molecule has 2 aromatic carbocycles. The average molecular weight is 505 g/mol. The van der Waals surface area contributed by atoms with Gasteiger partial charge in [0.1, 0.15) is 5.82 Å². The summed E-state index contributed by atoms with van der Waals surface area (Å²) in [5.74, 6) is 0.126. The summed E-state index contributed by atoms with van der Waals surface area (Å²) in [6.07, 6.45) is 3.59. The molecular weight excluding hydrogens is 485 g/mol. The van der Waals surface area contributed by atoms with E-state index in [0.717, 1.165) is 16.9 Å². The number of halogens is 4. The molecule has 2 heterocycles. The first-order chi connectivity index (χ1) is 16.2. The van der Waals surface area contributed by atoms with Gasteiger partial charge in [-0.2, -0.15) is 13.2 Å². The molecule has 176 valence electrons. The number of benzene rings is 2. The van der Waals surface area contributed by atoms with Crippen LogP contribution >= 0.6 is 23.4 Å². The normalized spacial score (nSPS) is 13.7. The van der Waals surface area contributed by atoms with Crippen molar-refractivity contribution in [3.8, 4) is 0 Å². The van der Waals surface area contributed by atoms with Crippen LogP contribution in [-0.2, 0) is 6.54 Å². The van der Waals surface area contributed by atoms with Gasteiger partial charge in [-0.3, -0.25) is 4.79 Å². The molecule has 0 aliphatic carbocycles. The van der Waals surface area contributed by atoms with Crippen molar-refractivity contribution >= 4 is 40.8 Å². The molecule has 0 fully saturated rings. The van der Waals surface area contributed by atoms with Crippen LogP contribution in [0.1, 0.15) is 22.8 Å². The van der Waals surface area contributed by atoms with E-state index in [1.807, 2.05) is 30.2 Å². The fraction of sp³-hybridized carbons (Fsp3) is 0.167. The quantitative estimate of drug-likeness (QED) is 0.377. The van der Waals surface area contributed by atoms with Gasteiger partial charge in [0.05, 0.1) is 6.67 Å². The number of nitrogens with one attached hydrogen (secondary N) is 1. The maximum absolute atomic E-state index is 12.6. The highest BCUT2D eigenvalue weighted by atomic mass is 35.5. The van der Waals surface area contributed by atoms with E-state index in [0.29, 0.717) is 29.6 Å². The minimum absolute atomic E-state index is 0.127. The third-order valence-corrected chi connectivity index (χ3v) is 6.07. The Hall–Kier alpha value is -3.17. The van der Waals surface area contributed by atoms with Crippen molar-refractivity contribution < 1.29 is 18.0 Å². The number of nitrogens with zero attached hydrogens (tertiary/aromatic N) is 3. The lowest BCUT2D eigenvalue weighted by atomic mass is 10.2. The van der Waals surface area contributed by atoms with Gasteiger partial charge in [0.15, 0.2) is 0 Å². The summed E-state index contributed by atoms with van der Waals surface area (Å²) >= 11 is 5.83. The summed E-state index contributed by atoms with van der Waals surface area (Å²) in [6, 6.07) is 16.6. The Bertz CT molecular complexity index is 1220. The number of carbonyl (C=O) groups is 1. The SMILES string of the molecule is CC1=CN(c2ccc(SC(F)(F)F)cc2)CN1Cc1ccnc(NC(=O)c2cccc(Cl)c2)c1. The van der Waals surface area contributed by atoms with E-state index in [1.54, 1.807) is 42.6 Å². The van der Waals surface area contributed by atoms with Gasteiger partial charge in [0.25, 0.3) is 5.91 Å². The first-order valence-corrected chi connectivity index (χ1v) is 11.4. The molecule has 1 aliphatic rings. The van der Waals surface area contributed by atoms with Crippen molar-refractivity contribution in [1.82, 2.24) is 9.88 Å². The number of rotatable bonds is 6. The Morgan fingerprint density at radius 2 is 1.91 bits per heavy atom. The van der Waals surface area contributed by atoms with Crippen molar-refractivity contribution in [3.05, 3.63) is 94.9 Å². The van der Waals surface area contributed by atoms with E-state index >= 15 is 0 Å². The van der Waals surface area contributed by atoms with E-state index in [-0.39, 0.29) is 22.6 Å². The highest BCUT2D eigenvalue weighted by Crippen LogP contribution is 2.37. The third kappa shape index (κ3) is 6.24. The van der Waals surface area contributed by atoms with Gasteiger partial charge in [-0.1, -0.05) is 17.7 Å².